The summed E-state index contributed by atoms with van der Waals surface area (Å²) in [5.74, 6) is -0.664. The van der Waals surface area contributed by atoms with Crippen LogP contribution in [-0.2, 0) is 0 Å². The number of nitrogens with zero attached hydrogens (tertiary/aromatic N) is 1. The summed E-state index contributed by atoms with van der Waals surface area (Å²) in [5, 5.41) is 0. The second kappa shape index (κ2) is 5.33. The number of aryl methyl sites for hydroxylation is 1. The molecule has 0 spiro atoms. The van der Waals surface area contributed by atoms with Crippen LogP contribution in [0.1, 0.15) is 36.9 Å². The van der Waals surface area contributed by atoms with Gasteiger partial charge in [0.15, 0.2) is 0 Å². The Labute approximate surface area is 107 Å². The molecule has 100 valence electrons. The van der Waals surface area contributed by atoms with Gasteiger partial charge in [0.05, 0.1) is 0 Å². The van der Waals surface area contributed by atoms with Crippen molar-refractivity contribution in [3.8, 4) is 0 Å². The fourth-order valence-corrected chi connectivity index (χ4v) is 2.49. The Bertz CT molecular complexity index is 426. The minimum absolute atomic E-state index is 0.104. The van der Waals surface area contributed by atoms with Crippen molar-refractivity contribution >= 4 is 0 Å². The Balaban J connectivity index is 2.18. The summed E-state index contributed by atoms with van der Waals surface area (Å²) in [6.45, 7) is 5.19. The molecule has 0 aliphatic carbocycles. The van der Waals surface area contributed by atoms with E-state index in [1.807, 2.05) is 6.92 Å². The van der Waals surface area contributed by atoms with E-state index in [1.54, 1.807) is 6.92 Å². The van der Waals surface area contributed by atoms with Crippen molar-refractivity contribution in [1.82, 2.24) is 4.90 Å². The highest BCUT2D eigenvalue weighted by atomic mass is 19.1. The van der Waals surface area contributed by atoms with Gasteiger partial charge >= 0.3 is 0 Å². The third-order valence-electron chi connectivity index (χ3n) is 3.85. The predicted molar refractivity (Wildman–Crippen MR) is 68.3 cm³/mol. The minimum Gasteiger partial charge on any atom is -0.328 e. The van der Waals surface area contributed by atoms with Crippen LogP contribution in [0.5, 0.6) is 0 Å². The maximum absolute atomic E-state index is 13.9. The maximum atomic E-state index is 13.9. The first-order valence-electron chi connectivity index (χ1n) is 6.44. The second-order valence-corrected chi connectivity index (χ2v) is 5.17. The number of hydrogen-bond acceptors (Lipinski definition) is 2. The Kier molecular flexibility index (Phi) is 3.97. The standard InChI is InChI=1S/C14H20F2N2/c1-9-7-14(16)12(8-13(9)15)10(2)18-5-3-11(17)4-6-18/h7-8,10-11H,3-6,17H2,1-2H3. The van der Waals surface area contributed by atoms with Gasteiger partial charge in [-0.3, -0.25) is 4.90 Å². The smallest absolute Gasteiger partial charge is 0.128 e. The minimum atomic E-state index is -0.341. The van der Waals surface area contributed by atoms with Crippen molar-refractivity contribution in [2.45, 2.75) is 38.8 Å². The molecule has 0 aromatic heterocycles. The molecule has 18 heavy (non-hydrogen) atoms. The van der Waals surface area contributed by atoms with Crippen molar-refractivity contribution in [3.05, 3.63) is 34.9 Å². The lowest BCUT2D eigenvalue weighted by Crippen LogP contribution is -2.41. The van der Waals surface area contributed by atoms with Crippen LogP contribution in [0.3, 0.4) is 0 Å². The summed E-state index contributed by atoms with van der Waals surface area (Å²) in [7, 11) is 0. The third kappa shape index (κ3) is 2.70. The lowest BCUT2D eigenvalue weighted by atomic mass is 9.99. The highest BCUT2D eigenvalue weighted by Gasteiger charge is 2.24. The molecule has 2 nitrogen and oxygen atoms in total. The summed E-state index contributed by atoms with van der Waals surface area (Å²) in [6.07, 6.45) is 1.83. The Morgan fingerprint density at radius 1 is 1.22 bits per heavy atom. The van der Waals surface area contributed by atoms with E-state index in [9.17, 15) is 8.78 Å². The molecular formula is C14H20F2N2. The van der Waals surface area contributed by atoms with Gasteiger partial charge in [0.25, 0.3) is 0 Å². The number of likely N-dealkylation sites (tertiary alicyclic amines) is 1. The summed E-state index contributed by atoms with van der Waals surface area (Å²) < 4.78 is 27.4. The Morgan fingerprint density at radius 2 is 1.83 bits per heavy atom. The van der Waals surface area contributed by atoms with E-state index in [4.69, 9.17) is 5.73 Å². The normalized spacial score (nSPS) is 20.1. The van der Waals surface area contributed by atoms with E-state index in [1.165, 1.54) is 12.1 Å². The first-order chi connectivity index (χ1) is 8.49. The van der Waals surface area contributed by atoms with Crippen LogP contribution in [0, 0.1) is 18.6 Å². The molecule has 2 N–H and O–H groups in total. The van der Waals surface area contributed by atoms with E-state index >= 15 is 0 Å². The van der Waals surface area contributed by atoms with Crippen molar-refractivity contribution in [3.63, 3.8) is 0 Å². The summed E-state index contributed by atoms with van der Waals surface area (Å²) in [4.78, 5) is 2.16. The van der Waals surface area contributed by atoms with Crippen molar-refractivity contribution in [1.29, 1.82) is 0 Å². The van der Waals surface area contributed by atoms with E-state index < -0.39 is 0 Å². The van der Waals surface area contributed by atoms with Crippen LogP contribution in [0.2, 0.25) is 0 Å². The summed E-state index contributed by atoms with van der Waals surface area (Å²) in [5.41, 5.74) is 6.64. The number of nitrogens with two attached hydrogens (primary N) is 1. The fourth-order valence-electron chi connectivity index (χ4n) is 2.49. The van der Waals surface area contributed by atoms with Crippen LogP contribution in [0.4, 0.5) is 8.78 Å². The molecule has 4 heteroatoms. The first-order valence-corrected chi connectivity index (χ1v) is 6.44. The zero-order chi connectivity index (χ0) is 13.3. The van der Waals surface area contributed by atoms with E-state index in [-0.39, 0.29) is 23.7 Å². The van der Waals surface area contributed by atoms with E-state index in [0.717, 1.165) is 25.9 Å². The number of hydrogen-bond donors (Lipinski definition) is 1. The molecule has 1 heterocycles. The number of benzene rings is 1. The van der Waals surface area contributed by atoms with E-state index in [0.29, 0.717) is 11.1 Å². The molecular weight excluding hydrogens is 234 g/mol. The van der Waals surface area contributed by atoms with Gasteiger partial charge in [-0.15, -0.1) is 0 Å². The van der Waals surface area contributed by atoms with Gasteiger partial charge < -0.3 is 5.73 Å². The number of halogens is 2. The first kappa shape index (κ1) is 13.4. The second-order valence-electron chi connectivity index (χ2n) is 5.17. The van der Waals surface area contributed by atoms with Gasteiger partial charge in [0, 0.05) is 30.7 Å². The van der Waals surface area contributed by atoms with Gasteiger partial charge in [-0.05, 0) is 44.4 Å². The monoisotopic (exact) mass is 254 g/mol. The van der Waals surface area contributed by atoms with Crippen LogP contribution in [0.25, 0.3) is 0 Å². The summed E-state index contributed by atoms with van der Waals surface area (Å²) >= 11 is 0. The van der Waals surface area contributed by atoms with E-state index in [2.05, 4.69) is 4.90 Å². The molecule has 0 bridgehead atoms. The molecule has 1 aromatic rings. The highest BCUT2D eigenvalue weighted by Crippen LogP contribution is 2.27. The van der Waals surface area contributed by atoms with Crippen LogP contribution in [0.15, 0.2) is 12.1 Å². The SMILES string of the molecule is Cc1cc(F)c(C(C)N2CCC(N)CC2)cc1F. The zero-order valence-corrected chi connectivity index (χ0v) is 10.9. The average molecular weight is 254 g/mol. The largest absolute Gasteiger partial charge is 0.328 e. The topological polar surface area (TPSA) is 29.3 Å². The highest BCUT2D eigenvalue weighted by molar-refractivity contribution is 5.27. The molecule has 0 amide bonds. The van der Waals surface area contributed by atoms with Gasteiger partial charge in [-0.2, -0.15) is 0 Å². The van der Waals surface area contributed by atoms with Crippen molar-refractivity contribution in [2.24, 2.45) is 5.73 Å². The molecule has 0 radical (unpaired) electrons. The maximum Gasteiger partial charge on any atom is 0.128 e. The van der Waals surface area contributed by atoms with Crippen LogP contribution >= 0.6 is 0 Å². The molecule has 1 aliphatic heterocycles. The Morgan fingerprint density at radius 3 is 2.44 bits per heavy atom. The predicted octanol–water partition coefficient (Wildman–Crippen LogP) is 2.76. The summed E-state index contributed by atoms with van der Waals surface area (Å²) in [6, 6.07) is 2.74. The van der Waals surface area contributed by atoms with Crippen LogP contribution < -0.4 is 5.73 Å². The van der Waals surface area contributed by atoms with Crippen LogP contribution in [-0.4, -0.2) is 24.0 Å². The third-order valence-corrected chi connectivity index (χ3v) is 3.85. The molecule has 1 aliphatic rings. The molecule has 1 atom stereocenters. The average Bonchev–Trinajstić information content (AvgIpc) is 2.34. The molecule has 1 fully saturated rings. The lowest BCUT2D eigenvalue weighted by Gasteiger charge is -2.35. The molecule has 1 unspecified atom stereocenters. The van der Waals surface area contributed by atoms with Crippen molar-refractivity contribution < 1.29 is 8.78 Å². The number of piperidine rings is 1. The van der Waals surface area contributed by atoms with Gasteiger partial charge in [-0.25, -0.2) is 8.78 Å². The molecule has 0 saturated carbocycles. The van der Waals surface area contributed by atoms with Gasteiger partial charge in [0.1, 0.15) is 11.6 Å². The number of rotatable bonds is 2. The Hall–Kier alpha value is -1.00. The molecule has 2 rings (SSSR count). The lowest BCUT2D eigenvalue weighted by molar-refractivity contribution is 0.160. The quantitative estimate of drug-likeness (QED) is 0.879. The van der Waals surface area contributed by atoms with Gasteiger partial charge in [0.2, 0.25) is 0 Å². The van der Waals surface area contributed by atoms with Crippen molar-refractivity contribution in [2.75, 3.05) is 13.1 Å². The molecule has 1 aromatic carbocycles. The molecule has 1 saturated heterocycles. The fraction of sp³-hybridized carbons (Fsp3) is 0.571. The van der Waals surface area contributed by atoms with Gasteiger partial charge in [-0.1, -0.05) is 0 Å². The zero-order valence-electron chi connectivity index (χ0n) is 10.9.